The van der Waals surface area contributed by atoms with Crippen molar-refractivity contribution in [1.82, 2.24) is 0 Å². The fraction of sp³-hybridized carbons (Fsp3) is 0.350. The van der Waals surface area contributed by atoms with Crippen molar-refractivity contribution in [3.63, 3.8) is 0 Å². The standard InChI is InChI=1S/C20H24O3S/c21-20(22)19(24)10-6-2-3-7-16-11-13-18(14-12-16)23-15-17-8-4-1-5-9-17/h1,4-5,8-9,11-14,19,24H,2-3,6-7,10,15H2,(H,21,22). The Kier molecular flexibility index (Phi) is 7.69. The predicted octanol–water partition coefficient (Wildman–Crippen LogP) is 4.75. The molecule has 0 amide bonds. The summed E-state index contributed by atoms with van der Waals surface area (Å²) in [4.78, 5) is 10.7. The smallest absolute Gasteiger partial charge is 0.316 e. The van der Waals surface area contributed by atoms with Gasteiger partial charge in [0.1, 0.15) is 12.4 Å². The van der Waals surface area contributed by atoms with Gasteiger partial charge in [0.05, 0.1) is 5.25 Å². The van der Waals surface area contributed by atoms with Crippen molar-refractivity contribution >= 4 is 18.6 Å². The summed E-state index contributed by atoms with van der Waals surface area (Å²) in [6.07, 6.45) is 4.62. The fourth-order valence-electron chi connectivity index (χ4n) is 2.46. The van der Waals surface area contributed by atoms with Gasteiger partial charge >= 0.3 is 5.97 Å². The molecule has 24 heavy (non-hydrogen) atoms. The number of carboxylic acid groups (broad SMARTS) is 1. The van der Waals surface area contributed by atoms with Gasteiger partial charge in [0, 0.05) is 0 Å². The van der Waals surface area contributed by atoms with Crippen LogP contribution in [0.5, 0.6) is 5.75 Å². The van der Waals surface area contributed by atoms with E-state index in [-0.39, 0.29) is 0 Å². The first-order valence-electron chi connectivity index (χ1n) is 8.31. The van der Waals surface area contributed by atoms with Gasteiger partial charge in [-0.2, -0.15) is 12.6 Å². The number of benzene rings is 2. The highest BCUT2D eigenvalue weighted by Gasteiger charge is 2.10. The summed E-state index contributed by atoms with van der Waals surface area (Å²) in [5.74, 6) is 0.0476. The van der Waals surface area contributed by atoms with Crippen LogP contribution < -0.4 is 4.74 Å². The quantitative estimate of drug-likeness (QED) is 0.483. The summed E-state index contributed by atoms with van der Waals surface area (Å²) in [5, 5.41) is 8.23. The van der Waals surface area contributed by atoms with Crippen LogP contribution in [0.1, 0.15) is 36.8 Å². The Labute approximate surface area is 149 Å². The molecule has 2 aromatic carbocycles. The Morgan fingerprint density at radius 1 is 0.958 bits per heavy atom. The molecule has 0 radical (unpaired) electrons. The monoisotopic (exact) mass is 344 g/mol. The third-order valence-electron chi connectivity index (χ3n) is 3.90. The fourth-order valence-corrected chi connectivity index (χ4v) is 2.64. The van der Waals surface area contributed by atoms with E-state index in [4.69, 9.17) is 9.84 Å². The second-order valence-corrected chi connectivity index (χ2v) is 6.49. The number of thiol groups is 1. The maximum Gasteiger partial charge on any atom is 0.316 e. The lowest BCUT2D eigenvalue weighted by Crippen LogP contribution is -2.12. The molecule has 1 N–H and O–H groups in total. The van der Waals surface area contributed by atoms with Crippen molar-refractivity contribution in [3.05, 3.63) is 65.7 Å². The van der Waals surface area contributed by atoms with Gasteiger partial charge in [0.2, 0.25) is 0 Å². The number of carboxylic acids is 1. The number of rotatable bonds is 10. The molecule has 0 saturated carbocycles. The van der Waals surface area contributed by atoms with Crippen molar-refractivity contribution in [1.29, 1.82) is 0 Å². The zero-order chi connectivity index (χ0) is 17.2. The molecule has 0 saturated heterocycles. The second kappa shape index (κ2) is 10.0. The third-order valence-corrected chi connectivity index (χ3v) is 4.38. The van der Waals surface area contributed by atoms with Gasteiger partial charge < -0.3 is 9.84 Å². The number of unbranched alkanes of at least 4 members (excludes halogenated alkanes) is 2. The SMILES string of the molecule is O=C(O)C(S)CCCCCc1ccc(OCc2ccccc2)cc1. The zero-order valence-electron chi connectivity index (χ0n) is 13.7. The maximum atomic E-state index is 10.7. The van der Waals surface area contributed by atoms with Crippen molar-refractivity contribution in [2.75, 3.05) is 0 Å². The molecule has 2 aromatic rings. The molecule has 0 bridgehead atoms. The van der Waals surface area contributed by atoms with Crippen LogP contribution in [0.15, 0.2) is 54.6 Å². The summed E-state index contributed by atoms with van der Waals surface area (Å²) in [6, 6.07) is 18.3. The molecule has 4 heteroatoms. The van der Waals surface area contributed by atoms with E-state index in [0.29, 0.717) is 13.0 Å². The van der Waals surface area contributed by atoms with E-state index in [1.54, 1.807) is 0 Å². The Morgan fingerprint density at radius 2 is 1.67 bits per heavy atom. The minimum Gasteiger partial charge on any atom is -0.489 e. The average Bonchev–Trinajstić information content (AvgIpc) is 2.61. The highest BCUT2D eigenvalue weighted by molar-refractivity contribution is 7.81. The van der Waals surface area contributed by atoms with E-state index in [2.05, 4.69) is 24.8 Å². The van der Waals surface area contributed by atoms with Gasteiger partial charge in [0.25, 0.3) is 0 Å². The van der Waals surface area contributed by atoms with E-state index in [1.165, 1.54) is 5.56 Å². The average molecular weight is 344 g/mol. The number of hydrogen-bond donors (Lipinski definition) is 2. The Hall–Kier alpha value is -1.94. The number of hydrogen-bond acceptors (Lipinski definition) is 3. The molecule has 3 nitrogen and oxygen atoms in total. The van der Waals surface area contributed by atoms with Crippen LogP contribution in [-0.2, 0) is 17.8 Å². The van der Waals surface area contributed by atoms with Crippen LogP contribution in [0.3, 0.4) is 0 Å². The first-order chi connectivity index (χ1) is 11.6. The van der Waals surface area contributed by atoms with Gasteiger partial charge in [-0.25, -0.2) is 0 Å². The first kappa shape index (κ1) is 18.4. The maximum absolute atomic E-state index is 10.7. The number of ether oxygens (including phenoxy) is 1. The van der Waals surface area contributed by atoms with E-state index in [0.717, 1.165) is 37.0 Å². The first-order valence-corrected chi connectivity index (χ1v) is 8.83. The van der Waals surface area contributed by atoms with Crippen LogP contribution in [-0.4, -0.2) is 16.3 Å². The third kappa shape index (κ3) is 6.67. The Bertz CT molecular complexity index is 611. The van der Waals surface area contributed by atoms with Gasteiger partial charge in [-0.1, -0.05) is 55.3 Å². The molecule has 0 aliphatic rings. The number of aryl methyl sites for hydroxylation is 1. The van der Waals surface area contributed by atoms with Crippen molar-refractivity contribution in [3.8, 4) is 5.75 Å². The van der Waals surface area contributed by atoms with E-state index >= 15 is 0 Å². The topological polar surface area (TPSA) is 46.5 Å². The van der Waals surface area contributed by atoms with Crippen LogP contribution >= 0.6 is 12.6 Å². The molecule has 2 rings (SSSR count). The lowest BCUT2D eigenvalue weighted by Gasteiger charge is -2.08. The lowest BCUT2D eigenvalue weighted by molar-refractivity contribution is -0.136. The van der Waals surface area contributed by atoms with Crippen LogP contribution in [0.25, 0.3) is 0 Å². The zero-order valence-corrected chi connectivity index (χ0v) is 14.6. The number of aliphatic carboxylic acids is 1. The number of carbonyl (C=O) groups is 1. The van der Waals surface area contributed by atoms with Crippen molar-refractivity contribution < 1.29 is 14.6 Å². The lowest BCUT2D eigenvalue weighted by atomic mass is 10.1. The minimum absolute atomic E-state index is 0.536. The molecule has 0 aromatic heterocycles. The van der Waals surface area contributed by atoms with Crippen LogP contribution in [0.4, 0.5) is 0 Å². The highest BCUT2D eigenvalue weighted by Crippen LogP contribution is 2.17. The molecule has 0 heterocycles. The summed E-state index contributed by atoms with van der Waals surface area (Å²) in [5.41, 5.74) is 2.44. The van der Waals surface area contributed by atoms with Crippen LogP contribution in [0, 0.1) is 0 Å². The van der Waals surface area contributed by atoms with Crippen LogP contribution in [0.2, 0.25) is 0 Å². The molecule has 0 spiro atoms. The molecular formula is C20H24O3S. The largest absolute Gasteiger partial charge is 0.489 e. The van der Waals surface area contributed by atoms with Crippen molar-refractivity contribution in [2.24, 2.45) is 0 Å². The van der Waals surface area contributed by atoms with E-state index < -0.39 is 11.2 Å². The van der Waals surface area contributed by atoms with Crippen molar-refractivity contribution in [2.45, 2.75) is 44.0 Å². The molecule has 0 fully saturated rings. The van der Waals surface area contributed by atoms with Gasteiger partial charge in [-0.3, -0.25) is 4.79 Å². The summed E-state index contributed by atoms with van der Waals surface area (Å²) in [7, 11) is 0. The Morgan fingerprint density at radius 3 is 2.33 bits per heavy atom. The molecule has 1 atom stereocenters. The van der Waals surface area contributed by atoms with E-state index in [1.807, 2.05) is 42.5 Å². The summed E-state index contributed by atoms with van der Waals surface area (Å²) in [6.45, 7) is 0.578. The van der Waals surface area contributed by atoms with Gasteiger partial charge in [-0.15, -0.1) is 0 Å². The molecule has 0 aliphatic heterocycles. The molecule has 0 aliphatic carbocycles. The van der Waals surface area contributed by atoms with Gasteiger partial charge in [0.15, 0.2) is 0 Å². The summed E-state index contributed by atoms with van der Waals surface area (Å²) < 4.78 is 5.77. The molecule has 128 valence electrons. The Balaban J connectivity index is 1.66. The predicted molar refractivity (Wildman–Crippen MR) is 99.8 cm³/mol. The highest BCUT2D eigenvalue weighted by atomic mass is 32.1. The summed E-state index contributed by atoms with van der Waals surface area (Å²) >= 11 is 4.04. The minimum atomic E-state index is -0.829. The second-order valence-electron chi connectivity index (χ2n) is 5.87. The molecule has 1 unspecified atom stereocenters. The molecular weight excluding hydrogens is 320 g/mol. The van der Waals surface area contributed by atoms with Gasteiger partial charge in [-0.05, 0) is 42.5 Å². The normalized spacial score (nSPS) is 11.9. The van der Waals surface area contributed by atoms with E-state index in [9.17, 15) is 4.79 Å².